The quantitative estimate of drug-likeness (QED) is 0.0520. The maximum atomic E-state index is 5.54. The van der Waals surface area contributed by atoms with E-state index in [-0.39, 0.29) is 11.2 Å². The Morgan fingerprint density at radius 1 is 0.659 bits per heavy atom. The Kier molecular flexibility index (Phi) is 24.4. The van der Waals surface area contributed by atoms with Crippen molar-refractivity contribution in [3.8, 4) is 0 Å². The van der Waals surface area contributed by atoms with E-state index in [0.717, 1.165) is 30.6 Å². The summed E-state index contributed by atoms with van der Waals surface area (Å²) in [5, 5.41) is 0. The van der Waals surface area contributed by atoms with Crippen LogP contribution in [0, 0.1) is 23.7 Å². The first-order valence-electron chi connectivity index (χ1n) is 18.5. The van der Waals surface area contributed by atoms with Crippen molar-refractivity contribution in [2.45, 2.75) is 183 Å². The van der Waals surface area contributed by atoms with Crippen LogP contribution in [0.1, 0.15) is 172 Å². The summed E-state index contributed by atoms with van der Waals surface area (Å²) >= 11 is 0. The van der Waals surface area contributed by atoms with Crippen molar-refractivity contribution in [2.24, 2.45) is 23.7 Å². The fourth-order valence-electron chi connectivity index (χ4n) is 5.79. The first kappa shape index (κ1) is 42.9. The van der Waals surface area contributed by atoms with Crippen molar-refractivity contribution >= 4 is 0 Å². The van der Waals surface area contributed by atoms with Crippen molar-refractivity contribution in [3.63, 3.8) is 0 Å². The second-order valence-electron chi connectivity index (χ2n) is 15.8. The molecule has 0 bridgehead atoms. The number of ether oxygens (including phenoxy) is 2. The molecule has 2 nitrogen and oxygen atoms in total. The lowest BCUT2D eigenvalue weighted by Crippen LogP contribution is -2.21. The predicted octanol–water partition coefficient (Wildman–Crippen LogP) is 13.6. The largest absolute Gasteiger partial charge is 0.379 e. The summed E-state index contributed by atoms with van der Waals surface area (Å²) < 4.78 is 11.0. The molecule has 0 aromatic carbocycles. The highest BCUT2D eigenvalue weighted by atomic mass is 16.5. The van der Waals surface area contributed by atoms with Crippen LogP contribution in [0.5, 0.6) is 0 Å². The third-order valence-electron chi connectivity index (χ3n) is 9.79. The van der Waals surface area contributed by atoms with E-state index in [1.54, 1.807) is 12.7 Å². The Morgan fingerprint density at radius 3 is 1.75 bits per heavy atom. The van der Waals surface area contributed by atoms with E-state index < -0.39 is 0 Å². The van der Waals surface area contributed by atoms with Crippen LogP contribution in [0.15, 0.2) is 47.6 Å². The van der Waals surface area contributed by atoms with Gasteiger partial charge < -0.3 is 9.47 Å². The molecule has 0 heterocycles. The molecule has 2 heteroatoms. The molecule has 0 N–H and O–H groups in total. The summed E-state index contributed by atoms with van der Waals surface area (Å²) in [6.07, 6.45) is 34.7. The van der Waals surface area contributed by atoms with Crippen molar-refractivity contribution in [2.75, 3.05) is 14.2 Å². The van der Waals surface area contributed by atoms with E-state index in [2.05, 4.69) is 106 Å². The van der Waals surface area contributed by atoms with Gasteiger partial charge in [-0.05, 0) is 110 Å². The molecule has 0 amide bonds. The molecular weight excluding hydrogens is 536 g/mol. The van der Waals surface area contributed by atoms with Gasteiger partial charge in [-0.1, -0.05) is 133 Å². The highest BCUT2D eigenvalue weighted by Gasteiger charge is 2.15. The molecule has 258 valence electrons. The molecule has 0 saturated heterocycles. The van der Waals surface area contributed by atoms with Crippen LogP contribution in [-0.2, 0) is 9.47 Å². The van der Waals surface area contributed by atoms with Gasteiger partial charge in [0, 0.05) is 14.2 Å². The van der Waals surface area contributed by atoms with Crippen LogP contribution < -0.4 is 0 Å². The van der Waals surface area contributed by atoms with Crippen LogP contribution in [0.3, 0.4) is 0 Å². The van der Waals surface area contributed by atoms with E-state index in [0.29, 0.717) is 5.92 Å². The van der Waals surface area contributed by atoms with Crippen molar-refractivity contribution in [3.05, 3.63) is 47.6 Å². The maximum Gasteiger partial charge on any atom is 0.0657 e. The minimum Gasteiger partial charge on any atom is -0.379 e. The highest BCUT2D eigenvalue weighted by molar-refractivity contribution is 5.22. The molecule has 0 aromatic heterocycles. The summed E-state index contributed by atoms with van der Waals surface area (Å²) in [6, 6.07) is 0. The molecular formula is C42H78O2. The first-order valence-corrected chi connectivity index (χ1v) is 18.5. The monoisotopic (exact) mass is 615 g/mol. The van der Waals surface area contributed by atoms with Crippen LogP contribution in [-0.4, -0.2) is 25.4 Å². The van der Waals surface area contributed by atoms with Gasteiger partial charge in [0.15, 0.2) is 0 Å². The molecule has 0 aliphatic rings. The van der Waals surface area contributed by atoms with Gasteiger partial charge in [0.2, 0.25) is 0 Å². The average molecular weight is 615 g/mol. The smallest absolute Gasteiger partial charge is 0.0657 e. The van der Waals surface area contributed by atoms with Crippen molar-refractivity contribution < 1.29 is 9.47 Å². The van der Waals surface area contributed by atoms with Gasteiger partial charge >= 0.3 is 0 Å². The molecule has 4 atom stereocenters. The molecule has 0 fully saturated rings. The molecule has 0 radical (unpaired) electrons. The van der Waals surface area contributed by atoms with Crippen LogP contribution in [0.4, 0.5) is 0 Å². The lowest BCUT2D eigenvalue weighted by Gasteiger charge is -2.22. The molecule has 0 spiro atoms. The zero-order valence-electron chi connectivity index (χ0n) is 31.9. The maximum absolute atomic E-state index is 5.54. The van der Waals surface area contributed by atoms with E-state index in [4.69, 9.17) is 9.47 Å². The lowest BCUT2D eigenvalue weighted by molar-refractivity contribution is 0.0140. The fraction of sp³-hybridized carbons (Fsp3) is 0.810. The van der Waals surface area contributed by atoms with Gasteiger partial charge in [0.25, 0.3) is 0 Å². The number of allylic oxidation sites excluding steroid dienone is 7. The van der Waals surface area contributed by atoms with Crippen LogP contribution >= 0.6 is 0 Å². The summed E-state index contributed by atoms with van der Waals surface area (Å²) in [5.74, 6) is 3.24. The molecule has 0 aliphatic carbocycles. The minimum absolute atomic E-state index is 0.0143. The normalized spacial score (nSPS) is 16.6. The first-order chi connectivity index (χ1) is 20.7. The van der Waals surface area contributed by atoms with E-state index in [1.807, 2.05) is 7.11 Å². The number of hydrogen-bond donors (Lipinski definition) is 0. The van der Waals surface area contributed by atoms with E-state index in [9.17, 15) is 0 Å². The Labute approximate surface area is 277 Å². The molecule has 4 unspecified atom stereocenters. The fourth-order valence-corrected chi connectivity index (χ4v) is 5.79. The van der Waals surface area contributed by atoms with Gasteiger partial charge in [0.1, 0.15) is 0 Å². The van der Waals surface area contributed by atoms with Crippen LogP contribution in [0.25, 0.3) is 0 Å². The van der Waals surface area contributed by atoms with Gasteiger partial charge in [-0.25, -0.2) is 0 Å². The number of hydrogen-bond acceptors (Lipinski definition) is 2. The summed E-state index contributed by atoms with van der Waals surface area (Å²) in [7, 11) is 3.60. The summed E-state index contributed by atoms with van der Waals surface area (Å²) in [4.78, 5) is 0. The zero-order chi connectivity index (χ0) is 33.4. The number of unbranched alkanes of at least 4 members (excludes halogenated alkanes) is 1. The SMILES string of the molecule is COC(C)(C)C/C=C/C(C)=C/C=C/C(C)CCCC(C)CCCCC(C)CCCC(C)CC/C=C(\C)CCCC(C)(C)OC. The summed E-state index contributed by atoms with van der Waals surface area (Å²) in [6.45, 7) is 22.9. The number of rotatable bonds is 27. The average Bonchev–Trinajstić information content (AvgIpc) is 2.95. The van der Waals surface area contributed by atoms with Gasteiger partial charge in [-0.15, -0.1) is 0 Å². The Bertz CT molecular complexity index is 812. The molecule has 0 aromatic rings. The Hall–Kier alpha value is -1.12. The van der Waals surface area contributed by atoms with E-state index >= 15 is 0 Å². The Morgan fingerprint density at radius 2 is 1.18 bits per heavy atom. The molecule has 44 heavy (non-hydrogen) atoms. The third-order valence-corrected chi connectivity index (χ3v) is 9.79. The number of methoxy groups -OCH3 is 2. The predicted molar refractivity (Wildman–Crippen MR) is 198 cm³/mol. The van der Waals surface area contributed by atoms with Crippen molar-refractivity contribution in [1.29, 1.82) is 0 Å². The summed E-state index contributed by atoms with van der Waals surface area (Å²) in [5.41, 5.74) is 2.78. The molecule has 0 aliphatic heterocycles. The second kappa shape index (κ2) is 25.0. The standard InChI is InChI=1S/C42H78O2/c1-35(23-15-25-37(3)27-17-29-39(5)31-19-33-41(7,8)43-11)21-13-14-22-36(2)24-16-26-38(4)28-18-30-40(6)32-20-34-42(9,10)44-12/h17,19,27,29-31,35-38H,13-16,18,20-26,28,32-34H2,1-12H3/b27-17+,31-19+,39-29+,40-30+. The van der Waals surface area contributed by atoms with Crippen molar-refractivity contribution in [1.82, 2.24) is 0 Å². The lowest BCUT2D eigenvalue weighted by atomic mass is 9.91. The zero-order valence-corrected chi connectivity index (χ0v) is 31.9. The topological polar surface area (TPSA) is 18.5 Å². The van der Waals surface area contributed by atoms with E-state index in [1.165, 1.54) is 95.5 Å². The minimum atomic E-state index is -0.0874. The molecule has 0 rings (SSSR count). The van der Waals surface area contributed by atoms with Gasteiger partial charge in [-0.2, -0.15) is 0 Å². The highest BCUT2D eigenvalue weighted by Crippen LogP contribution is 2.24. The van der Waals surface area contributed by atoms with Gasteiger partial charge in [0.05, 0.1) is 11.2 Å². The second-order valence-corrected chi connectivity index (χ2v) is 15.8. The molecule has 0 saturated carbocycles. The van der Waals surface area contributed by atoms with Gasteiger partial charge in [-0.3, -0.25) is 0 Å². The Balaban J connectivity index is 3.91. The van der Waals surface area contributed by atoms with Crippen LogP contribution in [0.2, 0.25) is 0 Å². The third kappa shape index (κ3) is 26.1.